The van der Waals surface area contributed by atoms with Crippen LogP contribution >= 0.6 is 11.6 Å². The Hall–Kier alpha value is -2.00. The van der Waals surface area contributed by atoms with Gasteiger partial charge < -0.3 is 0 Å². The number of hydrogen-bond acceptors (Lipinski definition) is 3. The summed E-state index contributed by atoms with van der Waals surface area (Å²) < 4.78 is 0. The summed E-state index contributed by atoms with van der Waals surface area (Å²) in [5.74, 6) is 0. The van der Waals surface area contributed by atoms with Crippen LogP contribution in [0.3, 0.4) is 0 Å². The normalized spacial score (nSPS) is 10.6. The molecule has 4 heteroatoms. The Labute approximate surface area is 103 Å². The van der Waals surface area contributed by atoms with Crippen molar-refractivity contribution in [3.63, 3.8) is 0 Å². The Morgan fingerprint density at radius 3 is 2.71 bits per heavy atom. The van der Waals surface area contributed by atoms with Gasteiger partial charge in [0, 0.05) is 23.3 Å². The zero-order valence-electron chi connectivity index (χ0n) is 8.84. The molecular formula is C13H8ClN3. The lowest BCUT2D eigenvalue weighted by Crippen LogP contribution is -1.88. The summed E-state index contributed by atoms with van der Waals surface area (Å²) in [5, 5.41) is 10.6. The fraction of sp³-hybridized carbons (Fsp3) is 0. The molecule has 0 saturated carbocycles. The van der Waals surface area contributed by atoms with E-state index >= 15 is 0 Å². The van der Waals surface area contributed by atoms with Crippen molar-refractivity contribution in [2.45, 2.75) is 0 Å². The average molecular weight is 242 g/mol. The first-order valence-electron chi connectivity index (χ1n) is 5.17. The number of aromatic nitrogens is 3. The molecule has 0 spiro atoms. The average Bonchev–Trinajstić information content (AvgIpc) is 2.39. The smallest absolute Gasteiger partial charge is 0.151 e. The van der Waals surface area contributed by atoms with Crippen molar-refractivity contribution in [2.75, 3.05) is 0 Å². The molecule has 0 aliphatic carbocycles. The number of halogens is 1. The van der Waals surface area contributed by atoms with Gasteiger partial charge in [0.05, 0.1) is 5.69 Å². The van der Waals surface area contributed by atoms with E-state index in [0.29, 0.717) is 5.15 Å². The van der Waals surface area contributed by atoms with Gasteiger partial charge in [-0.2, -0.15) is 0 Å². The molecule has 0 bridgehead atoms. The van der Waals surface area contributed by atoms with E-state index in [1.54, 1.807) is 12.3 Å². The van der Waals surface area contributed by atoms with Crippen molar-refractivity contribution in [2.24, 2.45) is 0 Å². The first-order chi connectivity index (χ1) is 8.34. The molecule has 82 valence electrons. The predicted molar refractivity (Wildman–Crippen MR) is 67.8 cm³/mol. The topological polar surface area (TPSA) is 38.7 Å². The number of pyridine rings is 1. The second kappa shape index (κ2) is 4.11. The number of rotatable bonds is 1. The van der Waals surface area contributed by atoms with E-state index in [-0.39, 0.29) is 0 Å². The summed E-state index contributed by atoms with van der Waals surface area (Å²) in [7, 11) is 0. The van der Waals surface area contributed by atoms with Crippen LogP contribution in [0.25, 0.3) is 22.0 Å². The maximum absolute atomic E-state index is 5.73. The van der Waals surface area contributed by atoms with Crippen LogP contribution in [-0.2, 0) is 0 Å². The van der Waals surface area contributed by atoms with Crippen LogP contribution < -0.4 is 0 Å². The van der Waals surface area contributed by atoms with E-state index < -0.39 is 0 Å². The lowest BCUT2D eigenvalue weighted by molar-refractivity contribution is 1.04. The molecule has 3 nitrogen and oxygen atoms in total. The van der Waals surface area contributed by atoms with Crippen molar-refractivity contribution < 1.29 is 0 Å². The molecule has 0 aliphatic rings. The highest BCUT2D eigenvalue weighted by molar-refractivity contribution is 6.29. The minimum atomic E-state index is 0.399. The molecule has 0 saturated heterocycles. The lowest BCUT2D eigenvalue weighted by atomic mass is 10.0. The van der Waals surface area contributed by atoms with Gasteiger partial charge in [0.15, 0.2) is 5.15 Å². The molecule has 2 heterocycles. The van der Waals surface area contributed by atoms with Crippen LogP contribution in [0, 0.1) is 0 Å². The largest absolute Gasteiger partial charge is 0.264 e. The highest BCUT2D eigenvalue weighted by Crippen LogP contribution is 2.26. The number of hydrogen-bond donors (Lipinski definition) is 0. The maximum Gasteiger partial charge on any atom is 0.151 e. The van der Waals surface area contributed by atoms with E-state index in [9.17, 15) is 0 Å². The Morgan fingerprint density at radius 1 is 0.941 bits per heavy atom. The second-order valence-corrected chi connectivity index (χ2v) is 4.03. The molecular weight excluding hydrogens is 234 g/mol. The lowest BCUT2D eigenvalue weighted by Gasteiger charge is -2.04. The van der Waals surface area contributed by atoms with Gasteiger partial charge in [-0.15, -0.1) is 10.2 Å². The number of benzene rings is 1. The Bertz CT molecular complexity index is 660. The highest BCUT2D eigenvalue weighted by Gasteiger charge is 2.05. The van der Waals surface area contributed by atoms with Crippen LogP contribution in [0.1, 0.15) is 0 Å². The van der Waals surface area contributed by atoms with E-state index in [1.807, 2.05) is 36.5 Å². The molecule has 0 fully saturated rings. The summed E-state index contributed by atoms with van der Waals surface area (Å²) in [6, 6.07) is 11.6. The van der Waals surface area contributed by atoms with Crippen molar-refractivity contribution in [3.05, 3.63) is 53.9 Å². The van der Waals surface area contributed by atoms with Gasteiger partial charge in [0.2, 0.25) is 0 Å². The molecule has 0 aliphatic heterocycles. The highest BCUT2D eigenvalue weighted by atomic mass is 35.5. The third-order valence-electron chi connectivity index (χ3n) is 2.59. The van der Waals surface area contributed by atoms with Crippen LogP contribution in [0.5, 0.6) is 0 Å². The summed E-state index contributed by atoms with van der Waals surface area (Å²) in [4.78, 5) is 4.10. The summed E-state index contributed by atoms with van der Waals surface area (Å²) in [5.41, 5.74) is 1.85. The first kappa shape index (κ1) is 10.2. The summed E-state index contributed by atoms with van der Waals surface area (Å²) >= 11 is 5.73. The van der Waals surface area contributed by atoms with E-state index in [1.165, 1.54) is 0 Å². The fourth-order valence-electron chi connectivity index (χ4n) is 1.81. The van der Waals surface area contributed by atoms with E-state index in [0.717, 1.165) is 22.0 Å². The van der Waals surface area contributed by atoms with Crippen molar-refractivity contribution in [3.8, 4) is 11.3 Å². The quantitative estimate of drug-likeness (QED) is 0.656. The molecule has 0 amide bonds. The van der Waals surface area contributed by atoms with Gasteiger partial charge >= 0.3 is 0 Å². The Morgan fingerprint density at radius 2 is 1.88 bits per heavy atom. The van der Waals surface area contributed by atoms with Gasteiger partial charge in [-0.25, -0.2) is 0 Å². The van der Waals surface area contributed by atoms with E-state index in [2.05, 4.69) is 15.2 Å². The molecule has 1 aromatic carbocycles. The Kier molecular flexibility index (Phi) is 2.46. The monoisotopic (exact) mass is 241 g/mol. The van der Waals surface area contributed by atoms with Crippen LogP contribution in [0.4, 0.5) is 0 Å². The SMILES string of the molecule is Clc1ccc(-c2cccc3cnccc23)nn1. The van der Waals surface area contributed by atoms with Crippen molar-refractivity contribution in [1.29, 1.82) is 0 Å². The van der Waals surface area contributed by atoms with E-state index in [4.69, 9.17) is 11.6 Å². The minimum absolute atomic E-state index is 0.399. The predicted octanol–water partition coefficient (Wildman–Crippen LogP) is 3.35. The molecule has 2 aromatic heterocycles. The van der Waals surface area contributed by atoms with Crippen LogP contribution in [0.2, 0.25) is 5.15 Å². The molecule has 0 radical (unpaired) electrons. The molecule has 0 N–H and O–H groups in total. The van der Waals surface area contributed by atoms with Gasteiger partial charge in [0.1, 0.15) is 0 Å². The van der Waals surface area contributed by atoms with Gasteiger partial charge in [-0.1, -0.05) is 29.8 Å². The van der Waals surface area contributed by atoms with Crippen molar-refractivity contribution in [1.82, 2.24) is 15.2 Å². The number of nitrogens with zero attached hydrogens (tertiary/aromatic N) is 3. The molecule has 3 rings (SSSR count). The second-order valence-electron chi connectivity index (χ2n) is 3.64. The zero-order valence-corrected chi connectivity index (χ0v) is 9.59. The first-order valence-corrected chi connectivity index (χ1v) is 5.55. The summed E-state index contributed by atoms with van der Waals surface area (Å²) in [6.45, 7) is 0. The van der Waals surface area contributed by atoms with Crippen LogP contribution in [-0.4, -0.2) is 15.2 Å². The van der Waals surface area contributed by atoms with Crippen molar-refractivity contribution >= 4 is 22.4 Å². The maximum atomic E-state index is 5.73. The standard InChI is InChI=1S/C13H8ClN3/c14-13-5-4-12(16-17-13)11-3-1-2-9-8-15-7-6-10(9)11/h1-8H. The zero-order chi connectivity index (χ0) is 11.7. The van der Waals surface area contributed by atoms with Gasteiger partial charge in [-0.05, 0) is 23.6 Å². The number of fused-ring (bicyclic) bond motifs is 1. The van der Waals surface area contributed by atoms with Gasteiger partial charge in [0.25, 0.3) is 0 Å². The molecule has 17 heavy (non-hydrogen) atoms. The minimum Gasteiger partial charge on any atom is -0.264 e. The van der Waals surface area contributed by atoms with Crippen LogP contribution in [0.15, 0.2) is 48.8 Å². The Balaban J connectivity index is 2.27. The summed E-state index contributed by atoms with van der Waals surface area (Å²) in [6.07, 6.45) is 3.61. The molecule has 0 unspecified atom stereocenters. The molecule has 0 atom stereocenters. The fourth-order valence-corrected chi connectivity index (χ4v) is 1.91. The van der Waals surface area contributed by atoms with Gasteiger partial charge in [-0.3, -0.25) is 4.98 Å². The molecule has 3 aromatic rings. The third-order valence-corrected chi connectivity index (χ3v) is 2.79. The third kappa shape index (κ3) is 1.85.